The summed E-state index contributed by atoms with van der Waals surface area (Å²) in [6.07, 6.45) is 4.91. The molecule has 1 aromatic carbocycles. The molecule has 0 radical (unpaired) electrons. The van der Waals surface area contributed by atoms with E-state index in [0.717, 1.165) is 12.5 Å². The molecule has 0 amide bonds. The molecule has 1 unspecified atom stereocenters. The summed E-state index contributed by atoms with van der Waals surface area (Å²) in [4.78, 5) is 2.59. The molecule has 2 heteroatoms. The van der Waals surface area contributed by atoms with Gasteiger partial charge in [0.2, 0.25) is 0 Å². The van der Waals surface area contributed by atoms with Crippen LogP contribution in [0.2, 0.25) is 0 Å². The van der Waals surface area contributed by atoms with Crippen LogP contribution in [0.3, 0.4) is 0 Å². The van der Waals surface area contributed by atoms with E-state index in [0.29, 0.717) is 0 Å². The fraction of sp³-hybridized carbons (Fsp3) is 0.625. The summed E-state index contributed by atoms with van der Waals surface area (Å²) in [6, 6.07) is 7.88. The molecule has 1 aliphatic carbocycles. The Labute approximate surface area is 111 Å². The summed E-state index contributed by atoms with van der Waals surface area (Å²) in [6.45, 7) is 7.73. The third kappa shape index (κ3) is 3.26. The highest BCUT2D eigenvalue weighted by molar-refractivity contribution is 5.56. The van der Waals surface area contributed by atoms with E-state index in [1.807, 2.05) is 0 Å². The van der Waals surface area contributed by atoms with Crippen LogP contribution in [0.1, 0.15) is 44.2 Å². The smallest absolute Gasteiger partial charge is 0.0398 e. The van der Waals surface area contributed by atoms with Crippen molar-refractivity contribution in [2.45, 2.75) is 58.5 Å². The molecule has 0 saturated heterocycles. The number of anilines is 1. The first-order valence-corrected chi connectivity index (χ1v) is 7.23. The Morgan fingerprint density at radius 2 is 2.11 bits per heavy atom. The first-order valence-electron chi connectivity index (χ1n) is 7.23. The van der Waals surface area contributed by atoms with Crippen LogP contribution < -0.4 is 10.6 Å². The van der Waals surface area contributed by atoms with Crippen molar-refractivity contribution < 1.29 is 0 Å². The standard InChI is InChI=1S/C16H26N2/c1-4-9-18(15-6-7-15)16-8-5-14(10-12(16)2)11-13(3)17/h5,8,10,13,15H,4,6-7,9,11,17H2,1-3H3. The molecule has 100 valence electrons. The molecule has 18 heavy (non-hydrogen) atoms. The largest absolute Gasteiger partial charge is 0.368 e. The molecule has 0 heterocycles. The van der Waals surface area contributed by atoms with Gasteiger partial charge in [0.15, 0.2) is 0 Å². The van der Waals surface area contributed by atoms with Gasteiger partial charge in [-0.1, -0.05) is 19.1 Å². The molecular weight excluding hydrogens is 220 g/mol. The monoisotopic (exact) mass is 246 g/mol. The molecule has 2 N–H and O–H groups in total. The zero-order valence-electron chi connectivity index (χ0n) is 11.9. The van der Waals surface area contributed by atoms with E-state index >= 15 is 0 Å². The fourth-order valence-corrected chi connectivity index (χ4v) is 2.67. The van der Waals surface area contributed by atoms with Gasteiger partial charge >= 0.3 is 0 Å². The van der Waals surface area contributed by atoms with Crippen LogP contribution in [0.25, 0.3) is 0 Å². The number of rotatable bonds is 6. The fourth-order valence-electron chi connectivity index (χ4n) is 2.67. The summed E-state index contributed by atoms with van der Waals surface area (Å²) in [5.74, 6) is 0. The second-order valence-corrected chi connectivity index (χ2v) is 5.73. The van der Waals surface area contributed by atoms with Crippen molar-refractivity contribution in [1.82, 2.24) is 0 Å². The SMILES string of the molecule is CCCN(c1ccc(CC(C)N)cc1C)C1CC1. The Hall–Kier alpha value is -1.02. The van der Waals surface area contributed by atoms with E-state index in [1.165, 1.54) is 42.6 Å². The lowest BCUT2D eigenvalue weighted by Crippen LogP contribution is -2.27. The normalized spacial score (nSPS) is 16.7. The topological polar surface area (TPSA) is 29.3 Å². The molecule has 0 aliphatic heterocycles. The molecule has 1 aliphatic rings. The predicted octanol–water partition coefficient (Wildman–Crippen LogP) is 3.26. The minimum atomic E-state index is 0.241. The average Bonchev–Trinajstić information content (AvgIpc) is 3.10. The van der Waals surface area contributed by atoms with Gasteiger partial charge in [-0.05, 0) is 56.7 Å². The number of nitrogens with zero attached hydrogens (tertiary/aromatic N) is 1. The predicted molar refractivity (Wildman–Crippen MR) is 79.2 cm³/mol. The van der Waals surface area contributed by atoms with Crippen molar-refractivity contribution in [2.24, 2.45) is 5.73 Å². The van der Waals surface area contributed by atoms with E-state index in [4.69, 9.17) is 5.73 Å². The molecule has 2 nitrogen and oxygen atoms in total. The zero-order valence-corrected chi connectivity index (χ0v) is 11.9. The van der Waals surface area contributed by atoms with Crippen LogP contribution >= 0.6 is 0 Å². The third-order valence-electron chi connectivity index (χ3n) is 3.58. The van der Waals surface area contributed by atoms with E-state index in [-0.39, 0.29) is 6.04 Å². The molecule has 1 fully saturated rings. The zero-order chi connectivity index (χ0) is 13.1. The first kappa shape index (κ1) is 13.4. The maximum atomic E-state index is 5.87. The van der Waals surface area contributed by atoms with Crippen LogP contribution in [-0.4, -0.2) is 18.6 Å². The van der Waals surface area contributed by atoms with Gasteiger partial charge in [-0.25, -0.2) is 0 Å². The quantitative estimate of drug-likeness (QED) is 0.834. The van der Waals surface area contributed by atoms with Crippen molar-refractivity contribution in [3.63, 3.8) is 0 Å². The Bertz CT molecular complexity index is 394. The Morgan fingerprint density at radius 3 is 2.61 bits per heavy atom. The Balaban J connectivity index is 2.16. The van der Waals surface area contributed by atoms with E-state index < -0.39 is 0 Å². The minimum Gasteiger partial charge on any atom is -0.368 e. The van der Waals surface area contributed by atoms with Gasteiger partial charge in [0, 0.05) is 24.3 Å². The van der Waals surface area contributed by atoms with Crippen molar-refractivity contribution >= 4 is 5.69 Å². The Morgan fingerprint density at radius 1 is 1.39 bits per heavy atom. The van der Waals surface area contributed by atoms with E-state index in [1.54, 1.807) is 0 Å². The highest BCUT2D eigenvalue weighted by atomic mass is 15.2. The van der Waals surface area contributed by atoms with Crippen molar-refractivity contribution in [2.75, 3.05) is 11.4 Å². The third-order valence-corrected chi connectivity index (χ3v) is 3.58. The van der Waals surface area contributed by atoms with Gasteiger partial charge in [0.1, 0.15) is 0 Å². The number of hydrogen-bond donors (Lipinski definition) is 1. The van der Waals surface area contributed by atoms with Gasteiger partial charge in [-0.2, -0.15) is 0 Å². The van der Waals surface area contributed by atoms with Gasteiger partial charge in [-0.15, -0.1) is 0 Å². The molecule has 0 spiro atoms. The lowest BCUT2D eigenvalue weighted by Gasteiger charge is -2.26. The molecule has 2 rings (SSSR count). The van der Waals surface area contributed by atoms with E-state index in [9.17, 15) is 0 Å². The van der Waals surface area contributed by atoms with Crippen LogP contribution in [0.4, 0.5) is 5.69 Å². The summed E-state index contributed by atoms with van der Waals surface area (Å²) in [7, 11) is 0. The lowest BCUT2D eigenvalue weighted by molar-refractivity contribution is 0.735. The number of hydrogen-bond acceptors (Lipinski definition) is 2. The highest BCUT2D eigenvalue weighted by Crippen LogP contribution is 2.33. The summed E-state index contributed by atoms with van der Waals surface area (Å²) in [5, 5.41) is 0. The second-order valence-electron chi connectivity index (χ2n) is 5.73. The van der Waals surface area contributed by atoms with Crippen molar-refractivity contribution in [3.05, 3.63) is 29.3 Å². The van der Waals surface area contributed by atoms with Gasteiger partial charge < -0.3 is 10.6 Å². The highest BCUT2D eigenvalue weighted by Gasteiger charge is 2.29. The summed E-state index contributed by atoms with van der Waals surface area (Å²) < 4.78 is 0. The number of nitrogens with two attached hydrogens (primary N) is 1. The molecule has 1 aromatic rings. The minimum absolute atomic E-state index is 0.241. The molecular formula is C16H26N2. The maximum absolute atomic E-state index is 5.87. The number of benzene rings is 1. The second kappa shape index (κ2) is 5.75. The van der Waals surface area contributed by atoms with Crippen LogP contribution in [0.5, 0.6) is 0 Å². The number of aryl methyl sites for hydroxylation is 1. The van der Waals surface area contributed by atoms with Crippen LogP contribution in [-0.2, 0) is 6.42 Å². The molecule has 1 atom stereocenters. The van der Waals surface area contributed by atoms with Crippen molar-refractivity contribution in [1.29, 1.82) is 0 Å². The summed E-state index contributed by atoms with van der Waals surface area (Å²) >= 11 is 0. The molecule has 0 bridgehead atoms. The first-order chi connectivity index (χ1) is 8.61. The van der Waals surface area contributed by atoms with Gasteiger partial charge in [0.05, 0.1) is 0 Å². The van der Waals surface area contributed by atoms with Gasteiger partial charge in [-0.3, -0.25) is 0 Å². The van der Waals surface area contributed by atoms with E-state index in [2.05, 4.69) is 43.9 Å². The van der Waals surface area contributed by atoms with Gasteiger partial charge in [0.25, 0.3) is 0 Å². The molecule has 0 aromatic heterocycles. The van der Waals surface area contributed by atoms with Crippen LogP contribution in [0, 0.1) is 6.92 Å². The van der Waals surface area contributed by atoms with Crippen LogP contribution in [0.15, 0.2) is 18.2 Å². The van der Waals surface area contributed by atoms with Crippen molar-refractivity contribution in [3.8, 4) is 0 Å². The maximum Gasteiger partial charge on any atom is 0.0398 e. The average molecular weight is 246 g/mol. The summed E-state index contributed by atoms with van der Waals surface area (Å²) in [5.41, 5.74) is 10.0. The molecule has 1 saturated carbocycles. The Kier molecular flexibility index (Phi) is 4.28. The lowest BCUT2D eigenvalue weighted by atomic mass is 10.0.